The van der Waals surface area contributed by atoms with E-state index in [1.165, 1.54) is 0 Å². The highest BCUT2D eigenvalue weighted by molar-refractivity contribution is 5.83. The molecule has 68 valence electrons. The second-order valence-corrected chi connectivity index (χ2v) is 2.46. The van der Waals surface area contributed by atoms with Crippen LogP contribution >= 0.6 is 0 Å². The summed E-state index contributed by atoms with van der Waals surface area (Å²) in [6.07, 6.45) is 5.20. The third kappa shape index (κ3) is 2.40. The predicted octanol–water partition coefficient (Wildman–Crippen LogP) is 1.74. The molecule has 0 aliphatic heterocycles. The molecule has 0 saturated carbocycles. The summed E-state index contributed by atoms with van der Waals surface area (Å²) in [5.74, 6) is 0.114. The van der Waals surface area contributed by atoms with Crippen molar-refractivity contribution in [2.24, 2.45) is 0 Å². The number of hydrogen-bond donors (Lipinski definition) is 0. The van der Waals surface area contributed by atoms with Crippen LogP contribution in [-0.2, 0) is 11.2 Å². The van der Waals surface area contributed by atoms with Gasteiger partial charge in [0, 0.05) is 24.0 Å². The van der Waals surface area contributed by atoms with Gasteiger partial charge in [-0.05, 0) is 12.5 Å². The van der Waals surface area contributed by atoms with E-state index in [1.54, 1.807) is 18.5 Å². The molecule has 0 bridgehead atoms. The van der Waals surface area contributed by atoms with Crippen LogP contribution in [0, 0.1) is 0 Å². The average Bonchev–Trinajstić information content (AvgIpc) is 2.18. The minimum atomic E-state index is -0.444. The summed E-state index contributed by atoms with van der Waals surface area (Å²) in [5.41, 5.74) is 0.915. The van der Waals surface area contributed by atoms with E-state index in [1.807, 2.05) is 6.92 Å². The first-order valence-electron chi connectivity index (χ1n) is 4.05. The standard InChI is InChI=1S/C10H11NO2/c1-3-8-7-11-6-5-9(8)13-10(12)4-2/h4-7H,2-3H2,1H3. The first kappa shape index (κ1) is 9.45. The van der Waals surface area contributed by atoms with E-state index in [0.717, 1.165) is 18.1 Å². The summed E-state index contributed by atoms with van der Waals surface area (Å²) in [4.78, 5) is 14.8. The average molecular weight is 177 g/mol. The Balaban J connectivity index is 2.86. The van der Waals surface area contributed by atoms with Gasteiger partial charge in [0.15, 0.2) is 0 Å². The number of aryl methyl sites for hydroxylation is 1. The van der Waals surface area contributed by atoms with Crippen LogP contribution in [0.1, 0.15) is 12.5 Å². The Morgan fingerprint density at radius 2 is 2.54 bits per heavy atom. The molecule has 3 heteroatoms. The maximum atomic E-state index is 10.9. The van der Waals surface area contributed by atoms with Crippen LogP contribution in [0.15, 0.2) is 31.1 Å². The third-order valence-electron chi connectivity index (χ3n) is 1.62. The van der Waals surface area contributed by atoms with Gasteiger partial charge in [-0.3, -0.25) is 4.98 Å². The normalized spacial score (nSPS) is 9.31. The van der Waals surface area contributed by atoms with Gasteiger partial charge in [0.05, 0.1) is 0 Å². The lowest BCUT2D eigenvalue weighted by molar-refractivity contribution is -0.129. The molecule has 0 aliphatic rings. The van der Waals surface area contributed by atoms with E-state index in [9.17, 15) is 4.79 Å². The van der Waals surface area contributed by atoms with Crippen LogP contribution < -0.4 is 4.74 Å². The molecule has 0 amide bonds. The lowest BCUT2D eigenvalue weighted by Crippen LogP contribution is -2.05. The maximum Gasteiger partial charge on any atom is 0.335 e. The molecular formula is C10H11NO2. The zero-order valence-electron chi connectivity index (χ0n) is 7.49. The highest BCUT2D eigenvalue weighted by atomic mass is 16.5. The Labute approximate surface area is 77.1 Å². The minimum absolute atomic E-state index is 0.444. The Kier molecular flexibility index (Phi) is 3.20. The van der Waals surface area contributed by atoms with Gasteiger partial charge in [-0.25, -0.2) is 4.79 Å². The van der Waals surface area contributed by atoms with Gasteiger partial charge in [-0.1, -0.05) is 13.5 Å². The number of pyridine rings is 1. The van der Waals surface area contributed by atoms with Crippen LogP contribution in [0.5, 0.6) is 5.75 Å². The van der Waals surface area contributed by atoms with Crippen LogP contribution in [-0.4, -0.2) is 11.0 Å². The Hall–Kier alpha value is -1.64. The fourth-order valence-electron chi connectivity index (χ4n) is 0.930. The van der Waals surface area contributed by atoms with Crippen LogP contribution in [0.4, 0.5) is 0 Å². The monoisotopic (exact) mass is 177 g/mol. The van der Waals surface area contributed by atoms with Crippen molar-refractivity contribution < 1.29 is 9.53 Å². The van der Waals surface area contributed by atoms with E-state index in [-0.39, 0.29) is 0 Å². The molecule has 0 aromatic carbocycles. The molecule has 3 nitrogen and oxygen atoms in total. The van der Waals surface area contributed by atoms with Crippen molar-refractivity contribution in [3.63, 3.8) is 0 Å². The molecule has 0 radical (unpaired) electrons. The Morgan fingerprint density at radius 3 is 3.15 bits per heavy atom. The molecule has 0 atom stereocenters. The molecular weight excluding hydrogens is 166 g/mol. The molecule has 0 N–H and O–H groups in total. The number of carbonyl (C=O) groups excluding carboxylic acids is 1. The summed E-state index contributed by atoms with van der Waals surface area (Å²) in [7, 11) is 0. The highest BCUT2D eigenvalue weighted by Gasteiger charge is 2.04. The Morgan fingerprint density at radius 1 is 1.77 bits per heavy atom. The molecule has 0 unspecified atom stereocenters. The van der Waals surface area contributed by atoms with Crippen LogP contribution in [0.2, 0.25) is 0 Å². The van der Waals surface area contributed by atoms with Crippen LogP contribution in [0.3, 0.4) is 0 Å². The van der Waals surface area contributed by atoms with Crippen molar-refractivity contribution in [1.82, 2.24) is 4.98 Å². The largest absolute Gasteiger partial charge is 0.423 e. The van der Waals surface area contributed by atoms with E-state index in [0.29, 0.717) is 5.75 Å². The number of carbonyl (C=O) groups is 1. The third-order valence-corrected chi connectivity index (χ3v) is 1.62. The van der Waals surface area contributed by atoms with Crippen molar-refractivity contribution in [1.29, 1.82) is 0 Å². The first-order chi connectivity index (χ1) is 6.27. The fraction of sp³-hybridized carbons (Fsp3) is 0.200. The van der Waals surface area contributed by atoms with E-state index >= 15 is 0 Å². The van der Waals surface area contributed by atoms with Crippen molar-refractivity contribution >= 4 is 5.97 Å². The molecule has 1 aromatic heterocycles. The summed E-state index contributed by atoms with van der Waals surface area (Å²) < 4.78 is 4.99. The summed E-state index contributed by atoms with van der Waals surface area (Å²) in [5, 5.41) is 0. The van der Waals surface area contributed by atoms with Gasteiger partial charge in [-0.2, -0.15) is 0 Å². The lowest BCUT2D eigenvalue weighted by Gasteiger charge is -2.05. The fourth-order valence-corrected chi connectivity index (χ4v) is 0.930. The second kappa shape index (κ2) is 4.40. The van der Waals surface area contributed by atoms with Gasteiger partial charge in [0.25, 0.3) is 0 Å². The first-order valence-corrected chi connectivity index (χ1v) is 4.05. The lowest BCUT2D eigenvalue weighted by atomic mass is 10.2. The number of ether oxygens (including phenoxy) is 1. The van der Waals surface area contributed by atoms with Crippen molar-refractivity contribution in [3.05, 3.63) is 36.7 Å². The van der Waals surface area contributed by atoms with Crippen molar-refractivity contribution in [2.45, 2.75) is 13.3 Å². The van der Waals surface area contributed by atoms with Crippen LogP contribution in [0.25, 0.3) is 0 Å². The minimum Gasteiger partial charge on any atom is -0.423 e. The number of esters is 1. The van der Waals surface area contributed by atoms with Crippen molar-refractivity contribution in [3.8, 4) is 5.75 Å². The molecule has 0 aliphatic carbocycles. The SMILES string of the molecule is C=CC(=O)Oc1ccncc1CC. The predicted molar refractivity (Wildman–Crippen MR) is 49.4 cm³/mol. The van der Waals surface area contributed by atoms with Crippen molar-refractivity contribution in [2.75, 3.05) is 0 Å². The molecule has 1 aromatic rings. The van der Waals surface area contributed by atoms with Gasteiger partial charge in [0.1, 0.15) is 5.75 Å². The molecule has 0 fully saturated rings. The smallest absolute Gasteiger partial charge is 0.335 e. The van der Waals surface area contributed by atoms with E-state index in [2.05, 4.69) is 11.6 Å². The van der Waals surface area contributed by atoms with Gasteiger partial charge in [-0.15, -0.1) is 0 Å². The molecule has 13 heavy (non-hydrogen) atoms. The zero-order valence-corrected chi connectivity index (χ0v) is 7.49. The topological polar surface area (TPSA) is 39.2 Å². The van der Waals surface area contributed by atoms with Gasteiger partial charge >= 0.3 is 5.97 Å². The number of rotatable bonds is 3. The number of hydrogen-bond acceptors (Lipinski definition) is 3. The number of nitrogens with zero attached hydrogens (tertiary/aromatic N) is 1. The molecule has 1 rings (SSSR count). The van der Waals surface area contributed by atoms with E-state index < -0.39 is 5.97 Å². The van der Waals surface area contributed by atoms with E-state index in [4.69, 9.17) is 4.74 Å². The molecule has 1 heterocycles. The Bertz CT molecular complexity index is 320. The molecule has 0 saturated heterocycles. The zero-order chi connectivity index (χ0) is 9.68. The second-order valence-electron chi connectivity index (χ2n) is 2.46. The quantitative estimate of drug-likeness (QED) is 0.521. The summed E-state index contributed by atoms with van der Waals surface area (Å²) in [6, 6.07) is 1.67. The summed E-state index contributed by atoms with van der Waals surface area (Å²) >= 11 is 0. The molecule has 0 spiro atoms. The van der Waals surface area contributed by atoms with Gasteiger partial charge in [0.2, 0.25) is 0 Å². The highest BCUT2D eigenvalue weighted by Crippen LogP contribution is 2.16. The number of aromatic nitrogens is 1. The maximum absolute atomic E-state index is 10.9. The van der Waals surface area contributed by atoms with Gasteiger partial charge < -0.3 is 4.74 Å². The summed E-state index contributed by atoms with van der Waals surface area (Å²) in [6.45, 7) is 5.30.